The highest BCUT2D eigenvalue weighted by Crippen LogP contribution is 1.95. The molecule has 0 atom stereocenters. The predicted molar refractivity (Wildman–Crippen MR) is 53.1 cm³/mol. The van der Waals surface area contributed by atoms with Gasteiger partial charge in [-0.3, -0.25) is 9.48 Å². The highest BCUT2D eigenvalue weighted by molar-refractivity contribution is 5.93. The molecule has 2 heterocycles. The molecule has 1 amide bonds. The Bertz CT molecular complexity index is 406. The minimum absolute atomic E-state index is 0.0867. The lowest BCUT2D eigenvalue weighted by Gasteiger charge is -2.02. The average Bonchev–Trinajstić information content (AvgIpc) is 2.90. The summed E-state index contributed by atoms with van der Waals surface area (Å²) in [6.07, 6.45) is 6.73. The van der Waals surface area contributed by atoms with Crippen LogP contribution in [0.1, 0.15) is 10.4 Å². The molecule has 0 unspecified atom stereocenters. The van der Waals surface area contributed by atoms with E-state index in [0.29, 0.717) is 18.7 Å². The molecule has 0 aliphatic heterocycles. The molecule has 0 fully saturated rings. The minimum atomic E-state index is -0.0867. The van der Waals surface area contributed by atoms with E-state index in [0.717, 1.165) is 0 Å². The van der Waals surface area contributed by atoms with E-state index in [1.165, 1.54) is 0 Å². The molecular weight excluding hydrogens is 194 g/mol. The lowest BCUT2D eigenvalue weighted by Crippen LogP contribution is -2.27. The average molecular weight is 205 g/mol. The van der Waals surface area contributed by atoms with Crippen LogP contribution in [0.15, 0.2) is 30.9 Å². The minimum Gasteiger partial charge on any atom is -0.367 e. The Labute approximate surface area is 86.3 Å². The molecule has 0 spiro atoms. The zero-order valence-corrected chi connectivity index (χ0v) is 8.05. The van der Waals surface area contributed by atoms with Crippen molar-refractivity contribution in [3.63, 3.8) is 0 Å². The van der Waals surface area contributed by atoms with Crippen LogP contribution in [0, 0.1) is 0 Å². The lowest BCUT2D eigenvalue weighted by molar-refractivity contribution is 0.0952. The number of rotatable bonds is 4. The Hall–Kier alpha value is -2.11. The van der Waals surface area contributed by atoms with E-state index in [2.05, 4.69) is 20.6 Å². The molecule has 6 nitrogen and oxygen atoms in total. The molecule has 0 bridgehead atoms. The molecule has 0 saturated carbocycles. The molecular formula is C9H11N5O. The number of hydrogen-bond donors (Lipinski definition) is 2. The van der Waals surface area contributed by atoms with Crippen molar-refractivity contribution in [2.24, 2.45) is 0 Å². The first-order chi connectivity index (χ1) is 7.36. The Morgan fingerprint density at radius 3 is 3.20 bits per heavy atom. The van der Waals surface area contributed by atoms with E-state index in [-0.39, 0.29) is 5.91 Å². The van der Waals surface area contributed by atoms with Crippen LogP contribution in [-0.2, 0) is 6.54 Å². The van der Waals surface area contributed by atoms with Gasteiger partial charge in [-0.2, -0.15) is 0 Å². The molecule has 0 radical (unpaired) electrons. The maximum atomic E-state index is 11.5. The lowest BCUT2D eigenvalue weighted by atomic mass is 10.3. The van der Waals surface area contributed by atoms with E-state index < -0.39 is 0 Å². The fraction of sp³-hybridized carbons (Fsp3) is 0.222. The third-order valence-electron chi connectivity index (χ3n) is 1.96. The summed E-state index contributed by atoms with van der Waals surface area (Å²) in [5, 5.41) is 10.2. The van der Waals surface area contributed by atoms with Crippen LogP contribution in [0.3, 0.4) is 0 Å². The maximum absolute atomic E-state index is 11.5. The summed E-state index contributed by atoms with van der Waals surface area (Å²) in [4.78, 5) is 14.3. The van der Waals surface area contributed by atoms with Crippen LogP contribution in [0.25, 0.3) is 0 Å². The Morgan fingerprint density at radius 2 is 2.53 bits per heavy atom. The van der Waals surface area contributed by atoms with Gasteiger partial charge >= 0.3 is 0 Å². The van der Waals surface area contributed by atoms with Crippen molar-refractivity contribution in [2.75, 3.05) is 6.54 Å². The molecule has 2 aromatic heterocycles. The first-order valence-electron chi connectivity index (χ1n) is 4.61. The third kappa shape index (κ3) is 2.43. The molecule has 2 rings (SSSR count). The van der Waals surface area contributed by atoms with E-state index in [9.17, 15) is 4.79 Å². The first-order valence-corrected chi connectivity index (χ1v) is 4.61. The number of nitrogens with zero attached hydrogens (tertiary/aromatic N) is 3. The molecule has 0 aromatic carbocycles. The highest BCUT2D eigenvalue weighted by Gasteiger charge is 2.03. The summed E-state index contributed by atoms with van der Waals surface area (Å²) >= 11 is 0. The Balaban J connectivity index is 1.77. The first kappa shape index (κ1) is 9.45. The van der Waals surface area contributed by atoms with E-state index in [4.69, 9.17) is 0 Å². The standard InChI is InChI=1S/C9H11N5O/c15-9(8-1-2-10-7-8)11-3-5-14-6-4-12-13-14/h1-2,4,6-7,10H,3,5H2,(H,11,15). The van der Waals surface area contributed by atoms with E-state index in [1.807, 2.05) is 0 Å². The van der Waals surface area contributed by atoms with E-state index in [1.54, 1.807) is 35.5 Å². The largest absolute Gasteiger partial charge is 0.367 e. The van der Waals surface area contributed by atoms with Crippen LogP contribution < -0.4 is 5.32 Å². The number of aromatic amines is 1. The number of H-pyrrole nitrogens is 1. The predicted octanol–water partition coefficient (Wildman–Crippen LogP) is 0.0362. The van der Waals surface area contributed by atoms with Crippen molar-refractivity contribution < 1.29 is 4.79 Å². The normalized spacial score (nSPS) is 10.1. The van der Waals surface area contributed by atoms with Gasteiger partial charge in [-0.25, -0.2) is 0 Å². The fourth-order valence-electron chi connectivity index (χ4n) is 1.20. The fourth-order valence-corrected chi connectivity index (χ4v) is 1.20. The van der Waals surface area contributed by atoms with E-state index >= 15 is 0 Å². The van der Waals surface area contributed by atoms with Crippen LogP contribution in [-0.4, -0.2) is 32.4 Å². The van der Waals surface area contributed by atoms with Gasteiger partial charge in [0.1, 0.15) is 0 Å². The van der Waals surface area contributed by atoms with Gasteiger partial charge in [0, 0.05) is 25.1 Å². The number of aromatic nitrogens is 4. The van der Waals surface area contributed by atoms with Gasteiger partial charge in [0.15, 0.2) is 0 Å². The Morgan fingerprint density at radius 1 is 1.60 bits per heavy atom. The third-order valence-corrected chi connectivity index (χ3v) is 1.96. The van der Waals surface area contributed by atoms with Crippen LogP contribution in [0.5, 0.6) is 0 Å². The van der Waals surface area contributed by atoms with Crippen LogP contribution in [0.2, 0.25) is 0 Å². The van der Waals surface area contributed by atoms with Gasteiger partial charge in [-0.1, -0.05) is 5.21 Å². The zero-order chi connectivity index (χ0) is 10.5. The SMILES string of the molecule is O=C(NCCn1ccnn1)c1cc[nH]c1. The molecule has 0 saturated heterocycles. The second-order valence-electron chi connectivity index (χ2n) is 3.02. The second-order valence-corrected chi connectivity index (χ2v) is 3.02. The van der Waals surface area contributed by atoms with Gasteiger partial charge in [-0.15, -0.1) is 5.10 Å². The van der Waals surface area contributed by atoms with Crippen molar-refractivity contribution in [3.05, 3.63) is 36.4 Å². The van der Waals surface area contributed by atoms with Crippen LogP contribution in [0.4, 0.5) is 0 Å². The molecule has 0 aliphatic carbocycles. The number of carbonyl (C=O) groups excluding carboxylic acids is 1. The smallest absolute Gasteiger partial charge is 0.252 e. The summed E-state index contributed by atoms with van der Waals surface area (Å²) in [5.74, 6) is -0.0867. The van der Waals surface area contributed by atoms with Crippen molar-refractivity contribution >= 4 is 5.91 Å². The topological polar surface area (TPSA) is 75.6 Å². The summed E-state index contributed by atoms with van der Waals surface area (Å²) in [6, 6.07) is 1.73. The molecule has 15 heavy (non-hydrogen) atoms. The zero-order valence-electron chi connectivity index (χ0n) is 8.05. The number of nitrogens with one attached hydrogen (secondary N) is 2. The molecule has 78 valence electrons. The summed E-state index contributed by atoms with van der Waals surface area (Å²) in [5.41, 5.74) is 0.633. The van der Waals surface area contributed by atoms with Gasteiger partial charge in [0.25, 0.3) is 5.91 Å². The molecule has 2 N–H and O–H groups in total. The van der Waals surface area contributed by atoms with Crippen molar-refractivity contribution in [2.45, 2.75) is 6.54 Å². The number of amides is 1. The number of carbonyl (C=O) groups is 1. The van der Waals surface area contributed by atoms with Gasteiger partial charge in [0.2, 0.25) is 0 Å². The molecule has 0 aliphatic rings. The quantitative estimate of drug-likeness (QED) is 0.739. The van der Waals surface area contributed by atoms with Crippen molar-refractivity contribution in [1.29, 1.82) is 0 Å². The van der Waals surface area contributed by atoms with Gasteiger partial charge in [-0.05, 0) is 6.07 Å². The second kappa shape index (κ2) is 4.41. The maximum Gasteiger partial charge on any atom is 0.252 e. The van der Waals surface area contributed by atoms with Crippen molar-refractivity contribution in [3.8, 4) is 0 Å². The highest BCUT2D eigenvalue weighted by atomic mass is 16.1. The molecule has 6 heteroatoms. The summed E-state index contributed by atoms with van der Waals surface area (Å²) < 4.78 is 1.66. The van der Waals surface area contributed by atoms with Crippen molar-refractivity contribution in [1.82, 2.24) is 25.3 Å². The monoisotopic (exact) mass is 205 g/mol. The van der Waals surface area contributed by atoms with Gasteiger partial charge < -0.3 is 10.3 Å². The summed E-state index contributed by atoms with van der Waals surface area (Å²) in [6.45, 7) is 1.16. The van der Waals surface area contributed by atoms with Crippen LogP contribution >= 0.6 is 0 Å². The number of hydrogen-bond acceptors (Lipinski definition) is 3. The molecule has 2 aromatic rings. The Kier molecular flexibility index (Phi) is 2.77. The summed E-state index contributed by atoms with van der Waals surface area (Å²) in [7, 11) is 0. The van der Waals surface area contributed by atoms with Gasteiger partial charge in [0.05, 0.1) is 18.3 Å².